The molecule has 3 rings (SSSR count). The molecule has 1 aromatic heterocycles. The molecule has 0 radical (unpaired) electrons. The van der Waals surface area contributed by atoms with Gasteiger partial charge in [-0.25, -0.2) is 18.5 Å². The fourth-order valence-corrected chi connectivity index (χ4v) is 4.07. The smallest absolute Gasteiger partial charge is 0.427 e. The molecule has 1 amide bonds. The summed E-state index contributed by atoms with van der Waals surface area (Å²) in [7, 11) is -4.16. The molecule has 0 aliphatic carbocycles. The van der Waals surface area contributed by atoms with E-state index in [9.17, 15) is 35.2 Å². The Labute approximate surface area is 202 Å². The van der Waals surface area contributed by atoms with Gasteiger partial charge >= 0.3 is 16.4 Å². The van der Waals surface area contributed by atoms with Gasteiger partial charge in [0.25, 0.3) is 5.91 Å². The van der Waals surface area contributed by atoms with Crippen molar-refractivity contribution in [3.63, 3.8) is 0 Å². The van der Waals surface area contributed by atoms with Crippen LogP contribution in [0.25, 0.3) is 0 Å². The van der Waals surface area contributed by atoms with Gasteiger partial charge in [-0.2, -0.15) is 25.9 Å². The van der Waals surface area contributed by atoms with Crippen LogP contribution in [0.1, 0.15) is 36.2 Å². The molecule has 2 aromatic rings. The lowest BCUT2D eigenvalue weighted by Crippen LogP contribution is -2.49. The van der Waals surface area contributed by atoms with Crippen molar-refractivity contribution in [2.75, 3.05) is 13.1 Å². The number of hydrogen-bond acceptors (Lipinski definition) is 6. The van der Waals surface area contributed by atoms with Crippen molar-refractivity contribution < 1.29 is 44.6 Å². The predicted molar refractivity (Wildman–Crippen MR) is 113 cm³/mol. The first-order valence-corrected chi connectivity index (χ1v) is 11.8. The zero-order chi connectivity index (χ0) is 26.2. The highest BCUT2D eigenvalue weighted by Crippen LogP contribution is 2.36. The summed E-state index contributed by atoms with van der Waals surface area (Å²) in [6.07, 6.45) is -3.10. The van der Waals surface area contributed by atoms with Crippen molar-refractivity contribution in [3.8, 4) is 11.6 Å². The van der Waals surface area contributed by atoms with Gasteiger partial charge in [0.1, 0.15) is 29.0 Å². The molecule has 15 heteroatoms. The number of benzene rings is 1. The average molecular weight is 544 g/mol. The van der Waals surface area contributed by atoms with Gasteiger partial charge in [-0.1, -0.05) is 11.6 Å². The lowest BCUT2D eigenvalue weighted by molar-refractivity contribution is -0.235. The number of alkyl halides is 3. The number of aromatic nitrogens is 1. The highest BCUT2D eigenvalue weighted by Gasteiger charge is 2.50. The molecule has 35 heavy (non-hydrogen) atoms. The summed E-state index contributed by atoms with van der Waals surface area (Å²) in [6.45, 7) is 1.43. The number of carbonyl (C=O) groups excluding carboxylic acids is 1. The number of nitrogens with one attached hydrogen (secondary N) is 1. The lowest BCUT2D eigenvalue weighted by atomic mass is 10.1. The van der Waals surface area contributed by atoms with Crippen LogP contribution in [-0.4, -0.2) is 48.5 Å². The van der Waals surface area contributed by atoms with E-state index >= 15 is 0 Å². The Hall–Kier alpha value is -2.71. The Bertz CT molecular complexity index is 1240. The SMILES string of the molecule is CC(C)(Oc1ncc(OCc2cc(F)c(C(=O)NS(=O)(=O)N3CCC3)cc2F)cc1Cl)C(F)(F)F. The zero-order valence-corrected chi connectivity index (χ0v) is 19.8. The Balaban J connectivity index is 1.68. The second-order valence-electron chi connectivity index (χ2n) is 7.97. The molecule has 0 unspecified atom stereocenters. The Kier molecular flexibility index (Phi) is 7.48. The zero-order valence-electron chi connectivity index (χ0n) is 18.2. The predicted octanol–water partition coefficient (Wildman–Crippen LogP) is 3.99. The fourth-order valence-electron chi connectivity index (χ4n) is 2.66. The number of hydrogen-bond donors (Lipinski definition) is 1. The minimum Gasteiger partial charge on any atom is -0.487 e. The molecule has 8 nitrogen and oxygen atoms in total. The number of amides is 1. The molecule has 1 aliphatic rings. The number of halogens is 6. The Morgan fingerprint density at radius 1 is 1.17 bits per heavy atom. The maximum Gasteiger partial charge on any atom is 0.427 e. The van der Waals surface area contributed by atoms with Crippen molar-refractivity contribution in [2.24, 2.45) is 0 Å². The number of carbonyl (C=O) groups is 1. The van der Waals surface area contributed by atoms with E-state index in [4.69, 9.17) is 21.1 Å². The number of pyridine rings is 1. The van der Waals surface area contributed by atoms with Gasteiger partial charge in [-0.05, 0) is 32.4 Å². The minimum absolute atomic E-state index is 0.0885. The molecule has 1 saturated heterocycles. The fraction of sp³-hybridized carbons (Fsp3) is 0.400. The summed E-state index contributed by atoms with van der Waals surface area (Å²) < 4.78 is 104. The normalized spacial score (nSPS) is 14.9. The topological polar surface area (TPSA) is 97.8 Å². The van der Waals surface area contributed by atoms with Crippen molar-refractivity contribution in [1.29, 1.82) is 0 Å². The molecule has 1 N–H and O–H groups in total. The third-order valence-corrected chi connectivity index (χ3v) is 6.73. The van der Waals surface area contributed by atoms with E-state index in [1.54, 1.807) is 4.72 Å². The maximum absolute atomic E-state index is 14.4. The molecular weight excluding hydrogens is 525 g/mol. The van der Waals surface area contributed by atoms with Crippen molar-refractivity contribution >= 4 is 27.7 Å². The van der Waals surface area contributed by atoms with Crippen molar-refractivity contribution in [2.45, 2.75) is 38.7 Å². The molecule has 0 spiro atoms. The highest BCUT2D eigenvalue weighted by molar-refractivity contribution is 7.87. The number of rotatable bonds is 8. The van der Waals surface area contributed by atoms with Crippen LogP contribution < -0.4 is 14.2 Å². The molecule has 2 heterocycles. The van der Waals surface area contributed by atoms with E-state index in [2.05, 4.69) is 4.98 Å². The first-order valence-electron chi connectivity index (χ1n) is 9.95. The molecule has 1 aromatic carbocycles. The monoisotopic (exact) mass is 543 g/mol. The molecule has 0 saturated carbocycles. The van der Waals surface area contributed by atoms with Crippen LogP contribution >= 0.6 is 11.6 Å². The summed E-state index contributed by atoms with van der Waals surface area (Å²) in [5.41, 5.74) is -3.73. The second-order valence-corrected chi connectivity index (χ2v) is 10.0. The molecule has 0 bridgehead atoms. The van der Waals surface area contributed by atoms with Gasteiger partial charge in [0.05, 0.1) is 11.8 Å². The summed E-state index contributed by atoms with van der Waals surface area (Å²) >= 11 is 5.90. The van der Waals surface area contributed by atoms with Crippen molar-refractivity contribution in [1.82, 2.24) is 14.0 Å². The van der Waals surface area contributed by atoms with Crippen LogP contribution in [0.15, 0.2) is 24.4 Å². The van der Waals surface area contributed by atoms with E-state index in [-0.39, 0.29) is 29.4 Å². The summed E-state index contributed by atoms with van der Waals surface area (Å²) in [5.74, 6) is -4.20. The summed E-state index contributed by atoms with van der Waals surface area (Å²) in [5, 5.41) is -0.318. The first-order chi connectivity index (χ1) is 16.1. The lowest BCUT2D eigenvalue weighted by Gasteiger charge is -2.29. The minimum atomic E-state index is -4.70. The van der Waals surface area contributed by atoms with E-state index in [0.29, 0.717) is 18.6 Å². The summed E-state index contributed by atoms with van der Waals surface area (Å²) in [4.78, 5) is 15.8. The van der Waals surface area contributed by atoms with Gasteiger partial charge < -0.3 is 9.47 Å². The standard InChI is InChI=1S/C20H19ClF5N3O5S/c1-19(2,20(24,25)26)34-18-14(21)7-12(9-27-18)33-10-11-6-16(23)13(8-15(11)22)17(30)28-35(31,32)29-4-3-5-29/h6-9H,3-5,10H2,1-2H3,(H,28,30). The van der Waals surface area contributed by atoms with Gasteiger partial charge in [0.15, 0.2) is 5.60 Å². The average Bonchev–Trinajstić information content (AvgIpc) is 2.67. The summed E-state index contributed by atoms with van der Waals surface area (Å²) in [6, 6.07) is 2.25. The molecule has 1 aliphatic heterocycles. The number of ether oxygens (including phenoxy) is 2. The van der Waals surface area contributed by atoms with Crippen LogP contribution in [0.3, 0.4) is 0 Å². The van der Waals surface area contributed by atoms with E-state index in [1.807, 2.05) is 0 Å². The van der Waals surface area contributed by atoms with E-state index in [1.165, 1.54) is 0 Å². The van der Waals surface area contributed by atoms with Gasteiger partial charge in [-0.3, -0.25) is 4.79 Å². The molecule has 1 fully saturated rings. The van der Waals surface area contributed by atoms with E-state index in [0.717, 1.165) is 30.4 Å². The first kappa shape index (κ1) is 26.9. The van der Waals surface area contributed by atoms with Crippen LogP contribution in [0.2, 0.25) is 5.02 Å². The number of nitrogens with zero attached hydrogens (tertiary/aromatic N) is 2. The van der Waals surface area contributed by atoms with Crippen molar-refractivity contribution in [3.05, 3.63) is 52.2 Å². The third-order valence-electron chi connectivity index (χ3n) is 4.97. The molecule has 0 atom stereocenters. The highest BCUT2D eigenvalue weighted by atomic mass is 35.5. The Morgan fingerprint density at radius 2 is 1.83 bits per heavy atom. The third kappa shape index (κ3) is 6.11. The van der Waals surface area contributed by atoms with E-state index < -0.39 is 57.6 Å². The van der Waals surface area contributed by atoms with Gasteiger partial charge in [0.2, 0.25) is 5.88 Å². The van der Waals surface area contributed by atoms with Crippen LogP contribution in [0, 0.1) is 11.6 Å². The van der Waals surface area contributed by atoms with Gasteiger partial charge in [0, 0.05) is 24.7 Å². The molecule has 192 valence electrons. The van der Waals surface area contributed by atoms with Crippen LogP contribution in [-0.2, 0) is 16.8 Å². The second kappa shape index (κ2) is 9.74. The molecular formula is C20H19ClF5N3O5S. The van der Waals surface area contributed by atoms with Gasteiger partial charge in [-0.15, -0.1) is 0 Å². The van der Waals surface area contributed by atoms with Crippen LogP contribution in [0.5, 0.6) is 11.6 Å². The quantitative estimate of drug-likeness (QED) is 0.506. The van der Waals surface area contributed by atoms with Crippen LogP contribution in [0.4, 0.5) is 22.0 Å². The largest absolute Gasteiger partial charge is 0.487 e. The maximum atomic E-state index is 14.4. The Morgan fingerprint density at radius 3 is 2.37 bits per heavy atom.